The fourth-order valence-electron chi connectivity index (χ4n) is 5.11. The molecule has 1 aliphatic heterocycles. The number of rotatable bonds is 8. The lowest BCUT2D eigenvalue weighted by atomic mass is 9.77. The highest BCUT2D eigenvalue weighted by atomic mass is 35.5. The van der Waals surface area contributed by atoms with Crippen LogP contribution in [0, 0.1) is 23.1 Å². The molecule has 1 aliphatic carbocycles. The number of anilines is 1. The zero-order valence-corrected chi connectivity index (χ0v) is 21.5. The van der Waals surface area contributed by atoms with Crippen LogP contribution in [0.5, 0.6) is 0 Å². The van der Waals surface area contributed by atoms with Crippen molar-refractivity contribution in [3.8, 4) is 6.07 Å². The lowest BCUT2D eigenvalue weighted by Crippen LogP contribution is -2.30. The number of fused-ring (bicyclic) bond motifs is 3. The second kappa shape index (κ2) is 11.2. The smallest absolute Gasteiger partial charge is 0.329 e. The van der Waals surface area contributed by atoms with Crippen LogP contribution in [0.15, 0.2) is 65.8 Å². The summed E-state index contributed by atoms with van der Waals surface area (Å²) in [7, 11) is 0. The van der Waals surface area contributed by atoms with E-state index in [9.17, 15) is 19.2 Å². The van der Waals surface area contributed by atoms with E-state index in [1.807, 2.05) is 17.1 Å². The summed E-state index contributed by atoms with van der Waals surface area (Å²) in [4.78, 5) is 23.2. The number of aryl methyl sites for hydroxylation is 1. The van der Waals surface area contributed by atoms with Crippen molar-refractivity contribution in [2.75, 3.05) is 24.8 Å². The second-order valence-electron chi connectivity index (χ2n) is 9.32. The molecule has 2 N–H and O–H groups in total. The molecule has 2 atom stereocenters. The molecule has 10 heteroatoms. The number of carbonyl (C=O) groups excluding carboxylic acids is 1. The molecular weight excluding hydrogens is 523 g/mol. The molecule has 0 saturated carbocycles. The highest BCUT2D eigenvalue weighted by molar-refractivity contribution is 6.32. The van der Waals surface area contributed by atoms with Crippen molar-refractivity contribution in [3.05, 3.63) is 99.3 Å². The van der Waals surface area contributed by atoms with Crippen molar-refractivity contribution in [1.29, 1.82) is 5.26 Å². The molecule has 5 rings (SSSR count). The molecule has 0 fully saturated rings. The number of benzene rings is 3. The summed E-state index contributed by atoms with van der Waals surface area (Å²) >= 11 is 6.35. The first-order chi connectivity index (χ1) is 18.9. The summed E-state index contributed by atoms with van der Waals surface area (Å²) in [6, 6.07) is 18.9. The lowest BCUT2D eigenvalue weighted by Gasteiger charge is -2.31. The van der Waals surface area contributed by atoms with Gasteiger partial charge in [0.25, 0.3) is 5.91 Å². The number of halogens is 2. The fourth-order valence-corrected chi connectivity index (χ4v) is 5.33. The first-order valence-corrected chi connectivity index (χ1v) is 12.8. The van der Waals surface area contributed by atoms with Gasteiger partial charge < -0.3 is 15.2 Å². The zero-order chi connectivity index (χ0) is 27.5. The zero-order valence-electron chi connectivity index (χ0n) is 20.7. The molecule has 0 unspecified atom stereocenters. The quantitative estimate of drug-likeness (QED) is 0.395. The monoisotopic (exact) mass is 546 g/mol. The van der Waals surface area contributed by atoms with Crippen molar-refractivity contribution in [3.63, 3.8) is 0 Å². The van der Waals surface area contributed by atoms with Crippen LogP contribution in [0.4, 0.5) is 10.1 Å². The summed E-state index contributed by atoms with van der Waals surface area (Å²) < 4.78 is 18.7. The molecule has 39 heavy (non-hydrogen) atoms. The van der Waals surface area contributed by atoms with Gasteiger partial charge in [-0.1, -0.05) is 29.8 Å². The molecule has 8 nitrogen and oxygen atoms in total. The van der Waals surface area contributed by atoms with Gasteiger partial charge in [-0.2, -0.15) is 10.4 Å². The van der Waals surface area contributed by atoms with E-state index < -0.39 is 12.6 Å². The Balaban J connectivity index is 1.43. The van der Waals surface area contributed by atoms with Crippen LogP contribution in [0.25, 0.3) is 0 Å². The van der Waals surface area contributed by atoms with Crippen LogP contribution in [0.3, 0.4) is 0 Å². The molecule has 0 bridgehead atoms. The topological polar surface area (TPSA) is 115 Å². The summed E-state index contributed by atoms with van der Waals surface area (Å²) in [5.41, 5.74) is 5.31. The van der Waals surface area contributed by atoms with E-state index >= 15 is 0 Å². The minimum Gasteiger partial charge on any atom is -0.480 e. The molecule has 0 saturated heterocycles. The molecule has 1 amide bonds. The minimum absolute atomic E-state index is 0.0171. The van der Waals surface area contributed by atoms with Gasteiger partial charge in [-0.25, -0.2) is 9.18 Å². The fraction of sp³-hybridized carbons (Fsp3) is 0.241. The summed E-state index contributed by atoms with van der Waals surface area (Å²) in [5.74, 6) is -1.64. The van der Waals surface area contributed by atoms with Crippen LogP contribution < -0.4 is 10.3 Å². The van der Waals surface area contributed by atoms with E-state index in [0.29, 0.717) is 16.1 Å². The number of nitriles is 1. The van der Waals surface area contributed by atoms with E-state index in [1.54, 1.807) is 36.4 Å². The Bertz CT molecular complexity index is 1500. The predicted molar refractivity (Wildman–Crippen MR) is 143 cm³/mol. The van der Waals surface area contributed by atoms with E-state index in [1.165, 1.54) is 12.1 Å². The third-order valence-electron chi connectivity index (χ3n) is 6.89. The van der Waals surface area contributed by atoms with Crippen LogP contribution in [0.1, 0.15) is 45.1 Å². The molecule has 0 radical (unpaired) electrons. The van der Waals surface area contributed by atoms with Gasteiger partial charge in [0.15, 0.2) is 0 Å². The van der Waals surface area contributed by atoms with Crippen molar-refractivity contribution in [2.24, 2.45) is 11.0 Å². The number of aliphatic carboxylic acids is 1. The van der Waals surface area contributed by atoms with Crippen LogP contribution in [-0.4, -0.2) is 42.5 Å². The van der Waals surface area contributed by atoms with Gasteiger partial charge in [0.1, 0.15) is 18.5 Å². The first-order valence-electron chi connectivity index (χ1n) is 12.4. The van der Waals surface area contributed by atoms with E-state index in [2.05, 4.69) is 11.4 Å². The van der Waals surface area contributed by atoms with Gasteiger partial charge in [-0.15, -0.1) is 0 Å². The summed E-state index contributed by atoms with van der Waals surface area (Å²) in [6.07, 6.45) is 1.49. The molecule has 198 valence electrons. The number of hydrazone groups is 1. The third-order valence-corrected chi connectivity index (χ3v) is 7.20. The normalized spacial score (nSPS) is 17.6. The number of nitrogens with one attached hydrogen (secondary N) is 1. The van der Waals surface area contributed by atoms with Crippen LogP contribution in [-0.2, 0) is 16.0 Å². The molecule has 2 aliphatic rings. The molecule has 3 aromatic carbocycles. The average Bonchev–Trinajstić information content (AvgIpc) is 3.32. The van der Waals surface area contributed by atoms with Gasteiger partial charge in [0.05, 0.1) is 34.6 Å². The molecule has 0 aromatic heterocycles. The number of ether oxygens (including phenoxy) is 1. The molecular formula is C29H24ClFN4O4. The van der Waals surface area contributed by atoms with Gasteiger partial charge in [0.2, 0.25) is 0 Å². The number of amides is 1. The number of carboxylic acids is 1. The molecule has 3 aromatic rings. The maximum absolute atomic E-state index is 13.8. The minimum atomic E-state index is -1.06. The van der Waals surface area contributed by atoms with Gasteiger partial charge in [0, 0.05) is 23.6 Å². The first kappa shape index (κ1) is 26.4. The Kier molecular flexibility index (Phi) is 7.59. The Morgan fingerprint density at radius 1 is 1.18 bits per heavy atom. The van der Waals surface area contributed by atoms with E-state index in [4.69, 9.17) is 26.5 Å². The number of carbonyl (C=O) groups is 2. The van der Waals surface area contributed by atoms with Gasteiger partial charge in [-0.3, -0.25) is 9.80 Å². The van der Waals surface area contributed by atoms with E-state index in [0.717, 1.165) is 40.9 Å². The Morgan fingerprint density at radius 3 is 2.69 bits per heavy atom. The summed E-state index contributed by atoms with van der Waals surface area (Å²) in [6.45, 7) is -0.122. The van der Waals surface area contributed by atoms with Crippen molar-refractivity contribution >= 4 is 34.9 Å². The molecule has 0 spiro atoms. The average molecular weight is 547 g/mol. The largest absolute Gasteiger partial charge is 0.480 e. The third kappa shape index (κ3) is 5.48. The van der Waals surface area contributed by atoms with E-state index in [-0.39, 0.29) is 36.8 Å². The number of hydrogen-bond donors (Lipinski definition) is 2. The highest BCUT2D eigenvalue weighted by Crippen LogP contribution is 2.46. The van der Waals surface area contributed by atoms with Gasteiger partial charge >= 0.3 is 5.97 Å². The standard InChI is InChI=1S/C29H24ClFN4O4/c30-25-14-22(8-3-20(25)15-32)35-28(17-1-6-21(31)7-2-17)24-10-4-18-13-19(5-9-23(18)27(24)34-35)29(38)33-11-12-39-16-26(36)37/h1-3,5-9,13-14,24,28H,4,10-12,16H2,(H,33,38)(H,36,37)/t24-,28-/m0/s1. The number of nitrogens with zero attached hydrogens (tertiary/aromatic N) is 3. The maximum atomic E-state index is 13.8. The highest BCUT2D eigenvalue weighted by Gasteiger charge is 2.42. The van der Waals surface area contributed by atoms with Gasteiger partial charge in [-0.05, 0) is 66.4 Å². The lowest BCUT2D eigenvalue weighted by molar-refractivity contribution is -0.142. The molecule has 1 heterocycles. The maximum Gasteiger partial charge on any atom is 0.329 e. The van der Waals surface area contributed by atoms with Crippen molar-refractivity contribution in [1.82, 2.24) is 5.32 Å². The predicted octanol–water partition coefficient (Wildman–Crippen LogP) is 4.71. The van der Waals surface area contributed by atoms with Crippen LogP contribution >= 0.6 is 11.6 Å². The number of carboxylic acid groups (broad SMARTS) is 1. The second-order valence-corrected chi connectivity index (χ2v) is 9.73. The van der Waals surface area contributed by atoms with Crippen molar-refractivity contribution < 1.29 is 23.8 Å². The Hall–Kier alpha value is -4.26. The van der Waals surface area contributed by atoms with Crippen LogP contribution in [0.2, 0.25) is 5.02 Å². The van der Waals surface area contributed by atoms with Crippen molar-refractivity contribution in [2.45, 2.75) is 18.9 Å². The Morgan fingerprint density at radius 2 is 1.97 bits per heavy atom. The summed E-state index contributed by atoms with van der Waals surface area (Å²) in [5, 5.41) is 27.9. The number of hydrogen-bond acceptors (Lipinski definition) is 6. The SMILES string of the molecule is N#Cc1ccc(N2N=C3c4ccc(C(=O)NCCOCC(=O)O)cc4CC[C@@H]3[C@@H]2c2ccc(F)cc2)cc1Cl. The Labute approximate surface area is 229 Å².